The van der Waals surface area contributed by atoms with Gasteiger partial charge in [0.25, 0.3) is 0 Å². The number of urea groups is 1. The summed E-state index contributed by atoms with van der Waals surface area (Å²) in [6, 6.07) is 3.45. The van der Waals surface area contributed by atoms with Crippen molar-refractivity contribution in [2.45, 2.75) is 33.7 Å². The molecule has 0 spiro atoms. The molecule has 0 atom stereocenters. The van der Waals surface area contributed by atoms with Gasteiger partial charge in [0.15, 0.2) is 0 Å². The Morgan fingerprint density at radius 2 is 1.92 bits per heavy atom. The molecule has 0 saturated carbocycles. The van der Waals surface area contributed by atoms with Gasteiger partial charge in [-0.05, 0) is 38.5 Å². The van der Waals surface area contributed by atoms with E-state index in [4.69, 9.17) is 0 Å². The second-order valence-electron chi connectivity index (χ2n) is 5.79. The zero-order chi connectivity index (χ0) is 18.9. The normalized spacial score (nSPS) is 10.4. The molecule has 0 unspecified atom stereocenters. The van der Waals surface area contributed by atoms with Crippen LogP contribution < -0.4 is 10.6 Å². The molecule has 0 aliphatic rings. The maximum absolute atomic E-state index is 11.9. The van der Waals surface area contributed by atoms with E-state index in [1.165, 1.54) is 0 Å². The van der Waals surface area contributed by atoms with Crippen LogP contribution in [0.3, 0.4) is 0 Å². The summed E-state index contributed by atoms with van der Waals surface area (Å²) in [5, 5.41) is 5.50. The van der Waals surface area contributed by atoms with E-state index in [-0.39, 0.29) is 11.9 Å². The molecular formula is C18H26N6O2. The highest BCUT2D eigenvalue weighted by molar-refractivity contribution is 5.78. The summed E-state index contributed by atoms with van der Waals surface area (Å²) < 4.78 is 1.88. The van der Waals surface area contributed by atoms with Gasteiger partial charge in [-0.2, -0.15) is 0 Å². The Kier molecular flexibility index (Phi) is 7.13. The van der Waals surface area contributed by atoms with Gasteiger partial charge in [-0.3, -0.25) is 9.36 Å². The summed E-state index contributed by atoms with van der Waals surface area (Å²) in [6.45, 7) is 7.84. The number of amides is 3. The van der Waals surface area contributed by atoms with Crippen molar-refractivity contribution in [3.63, 3.8) is 0 Å². The lowest BCUT2D eigenvalue weighted by Crippen LogP contribution is -2.38. The van der Waals surface area contributed by atoms with Crippen LogP contribution in [0.4, 0.5) is 4.79 Å². The van der Waals surface area contributed by atoms with Crippen molar-refractivity contribution >= 4 is 11.9 Å². The molecule has 0 aliphatic carbocycles. The first-order valence-corrected chi connectivity index (χ1v) is 8.79. The first-order valence-electron chi connectivity index (χ1n) is 8.79. The molecule has 2 aromatic heterocycles. The third-order valence-electron chi connectivity index (χ3n) is 4.08. The van der Waals surface area contributed by atoms with Gasteiger partial charge in [-0.15, -0.1) is 0 Å². The summed E-state index contributed by atoms with van der Waals surface area (Å²) in [5.41, 5.74) is 0.928. The number of carbonyl (C=O) groups is 2. The quantitative estimate of drug-likeness (QED) is 0.750. The minimum Gasteiger partial charge on any atom is -0.343 e. The van der Waals surface area contributed by atoms with Crippen molar-refractivity contribution in [2.75, 3.05) is 19.6 Å². The smallest absolute Gasteiger partial charge is 0.315 e. The average molecular weight is 358 g/mol. The second-order valence-corrected chi connectivity index (χ2v) is 5.79. The molecular weight excluding hydrogens is 332 g/mol. The molecule has 3 amide bonds. The van der Waals surface area contributed by atoms with Crippen LogP contribution in [0, 0.1) is 6.92 Å². The van der Waals surface area contributed by atoms with Crippen molar-refractivity contribution < 1.29 is 9.59 Å². The largest absolute Gasteiger partial charge is 0.343 e. The van der Waals surface area contributed by atoms with E-state index in [9.17, 15) is 9.59 Å². The van der Waals surface area contributed by atoms with Crippen LogP contribution >= 0.6 is 0 Å². The summed E-state index contributed by atoms with van der Waals surface area (Å²) in [5.74, 6) is 1.65. The molecule has 0 bridgehead atoms. The van der Waals surface area contributed by atoms with Crippen molar-refractivity contribution in [1.82, 2.24) is 30.1 Å². The zero-order valence-corrected chi connectivity index (χ0v) is 15.5. The summed E-state index contributed by atoms with van der Waals surface area (Å²) >= 11 is 0. The SMILES string of the molecule is CCN(CC)C(=O)CCNC(=O)NCc1ccnc(-n2ccnc2C)c1. The van der Waals surface area contributed by atoms with Crippen molar-refractivity contribution in [2.24, 2.45) is 0 Å². The minimum absolute atomic E-state index is 0.0461. The Hall–Kier alpha value is -2.90. The van der Waals surface area contributed by atoms with Gasteiger partial charge < -0.3 is 15.5 Å². The standard InChI is InChI=1S/C18H26N6O2/c1-4-23(5-2)17(25)7-9-21-18(26)22-13-15-6-8-20-16(12-15)24-11-10-19-14(24)3/h6,8,10-12H,4-5,7,9,13H2,1-3H3,(H2,21,22,26). The molecule has 8 nitrogen and oxygen atoms in total. The van der Waals surface area contributed by atoms with Gasteiger partial charge in [-0.25, -0.2) is 14.8 Å². The summed E-state index contributed by atoms with van der Waals surface area (Å²) in [7, 11) is 0. The predicted molar refractivity (Wildman–Crippen MR) is 98.9 cm³/mol. The maximum Gasteiger partial charge on any atom is 0.315 e. The van der Waals surface area contributed by atoms with Gasteiger partial charge in [0.05, 0.1) is 0 Å². The van der Waals surface area contributed by atoms with E-state index in [0.29, 0.717) is 32.6 Å². The van der Waals surface area contributed by atoms with Crippen LogP contribution in [0.15, 0.2) is 30.7 Å². The first-order chi connectivity index (χ1) is 12.5. The summed E-state index contributed by atoms with van der Waals surface area (Å²) in [4.78, 5) is 34.0. The molecule has 0 aliphatic heterocycles. The Morgan fingerprint density at radius 3 is 2.58 bits per heavy atom. The number of hydrogen-bond acceptors (Lipinski definition) is 4. The highest BCUT2D eigenvalue weighted by Gasteiger charge is 2.10. The average Bonchev–Trinajstić information content (AvgIpc) is 3.07. The Bertz CT molecular complexity index is 739. The lowest BCUT2D eigenvalue weighted by Gasteiger charge is -2.18. The molecule has 8 heteroatoms. The maximum atomic E-state index is 11.9. The third-order valence-corrected chi connectivity index (χ3v) is 4.08. The van der Waals surface area contributed by atoms with Crippen LogP contribution in [0.5, 0.6) is 0 Å². The van der Waals surface area contributed by atoms with E-state index in [2.05, 4.69) is 20.6 Å². The number of pyridine rings is 1. The van der Waals surface area contributed by atoms with Gasteiger partial charge in [0.1, 0.15) is 11.6 Å². The number of imidazole rings is 1. The molecule has 0 saturated heterocycles. The van der Waals surface area contributed by atoms with Gasteiger partial charge in [0, 0.05) is 51.2 Å². The fourth-order valence-corrected chi connectivity index (χ4v) is 2.58. The highest BCUT2D eigenvalue weighted by atomic mass is 16.2. The number of carbonyl (C=O) groups excluding carboxylic acids is 2. The first kappa shape index (κ1) is 19.4. The number of nitrogens with zero attached hydrogens (tertiary/aromatic N) is 4. The van der Waals surface area contributed by atoms with Gasteiger partial charge in [-0.1, -0.05) is 0 Å². The van der Waals surface area contributed by atoms with Crippen molar-refractivity contribution in [3.05, 3.63) is 42.1 Å². The van der Waals surface area contributed by atoms with E-state index >= 15 is 0 Å². The van der Waals surface area contributed by atoms with Crippen LogP contribution in [-0.4, -0.2) is 51.0 Å². The number of nitrogens with one attached hydrogen (secondary N) is 2. The molecule has 26 heavy (non-hydrogen) atoms. The number of aromatic nitrogens is 3. The predicted octanol–water partition coefficient (Wildman–Crippen LogP) is 1.63. The van der Waals surface area contributed by atoms with E-state index < -0.39 is 0 Å². The van der Waals surface area contributed by atoms with Crippen molar-refractivity contribution in [1.29, 1.82) is 0 Å². The third kappa shape index (κ3) is 5.30. The highest BCUT2D eigenvalue weighted by Crippen LogP contribution is 2.09. The Labute approximate surface area is 153 Å². The molecule has 2 rings (SSSR count). The van der Waals surface area contributed by atoms with Crippen molar-refractivity contribution in [3.8, 4) is 5.82 Å². The Balaban J connectivity index is 1.79. The second kappa shape index (κ2) is 9.55. The topological polar surface area (TPSA) is 92.2 Å². The molecule has 2 aromatic rings. The summed E-state index contributed by atoms with van der Waals surface area (Å²) in [6.07, 6.45) is 5.56. The molecule has 2 heterocycles. The lowest BCUT2D eigenvalue weighted by atomic mass is 10.2. The lowest BCUT2D eigenvalue weighted by molar-refractivity contribution is -0.130. The molecule has 0 aromatic carbocycles. The number of rotatable bonds is 8. The van der Waals surface area contributed by atoms with Crippen LogP contribution in [0.2, 0.25) is 0 Å². The monoisotopic (exact) mass is 358 g/mol. The molecule has 0 radical (unpaired) electrons. The van der Waals surface area contributed by atoms with Gasteiger partial charge >= 0.3 is 6.03 Å². The fourth-order valence-electron chi connectivity index (χ4n) is 2.58. The Morgan fingerprint density at radius 1 is 1.15 bits per heavy atom. The van der Waals surface area contributed by atoms with E-state index in [1.54, 1.807) is 17.3 Å². The van der Waals surface area contributed by atoms with Gasteiger partial charge in [0.2, 0.25) is 5.91 Å². The van der Waals surface area contributed by atoms with E-state index in [1.807, 2.05) is 43.7 Å². The molecule has 2 N–H and O–H groups in total. The molecule has 0 fully saturated rings. The zero-order valence-electron chi connectivity index (χ0n) is 15.5. The number of aryl methyl sites for hydroxylation is 1. The molecule has 140 valence electrons. The van der Waals surface area contributed by atoms with E-state index in [0.717, 1.165) is 17.2 Å². The minimum atomic E-state index is -0.297. The van der Waals surface area contributed by atoms with Crippen LogP contribution in [0.25, 0.3) is 5.82 Å². The number of hydrogen-bond donors (Lipinski definition) is 2. The fraction of sp³-hybridized carbons (Fsp3) is 0.444. The van der Waals surface area contributed by atoms with Crippen LogP contribution in [0.1, 0.15) is 31.7 Å². The van der Waals surface area contributed by atoms with Crippen LogP contribution in [-0.2, 0) is 11.3 Å².